The van der Waals surface area contributed by atoms with Gasteiger partial charge in [-0.3, -0.25) is 4.79 Å². The van der Waals surface area contributed by atoms with E-state index in [0.717, 1.165) is 22.3 Å². The molecule has 1 N–H and O–H groups in total. The lowest BCUT2D eigenvalue weighted by Crippen LogP contribution is -2.12. The predicted molar refractivity (Wildman–Crippen MR) is 122 cm³/mol. The van der Waals surface area contributed by atoms with Crippen molar-refractivity contribution in [2.45, 2.75) is 39.7 Å². The molecule has 3 rings (SSSR count). The summed E-state index contributed by atoms with van der Waals surface area (Å²) in [5, 5.41) is 2.89. The number of esters is 1. The van der Waals surface area contributed by atoms with E-state index in [4.69, 9.17) is 18.9 Å². The second-order valence-corrected chi connectivity index (χ2v) is 7.60. The maximum atomic E-state index is 12.4. The van der Waals surface area contributed by atoms with Gasteiger partial charge in [-0.2, -0.15) is 0 Å². The van der Waals surface area contributed by atoms with Gasteiger partial charge in [-0.25, -0.2) is 4.79 Å². The number of carbonyl (C=O) groups excluding carboxylic acids is 2. The van der Waals surface area contributed by atoms with Gasteiger partial charge in [0.1, 0.15) is 29.4 Å². The summed E-state index contributed by atoms with van der Waals surface area (Å²) in [7, 11) is 4.72. The Hall–Kier alpha value is -3.48. The van der Waals surface area contributed by atoms with Crippen molar-refractivity contribution in [3.05, 3.63) is 58.2 Å². The average molecular weight is 440 g/mol. The smallest absolute Gasteiger partial charge is 0.342 e. The number of ether oxygens (including phenoxy) is 4. The Labute approximate surface area is 188 Å². The number of fused-ring (bicyclic) bond motifs is 1. The van der Waals surface area contributed by atoms with Gasteiger partial charge in [0.05, 0.1) is 27.0 Å². The number of benzene rings is 2. The minimum absolute atomic E-state index is 0.0893. The van der Waals surface area contributed by atoms with Gasteiger partial charge in [-0.15, -0.1) is 0 Å². The molecule has 0 saturated heterocycles. The minimum Gasteiger partial charge on any atom is -0.496 e. The van der Waals surface area contributed by atoms with E-state index in [1.165, 1.54) is 7.11 Å². The number of allylic oxidation sites excluding steroid dienone is 2. The third kappa shape index (κ3) is 4.72. The number of cyclic esters (lactones) is 1. The highest BCUT2D eigenvalue weighted by atomic mass is 16.5. The maximum Gasteiger partial charge on any atom is 0.342 e. The minimum atomic E-state index is -0.377. The van der Waals surface area contributed by atoms with Crippen molar-refractivity contribution in [3.8, 4) is 17.2 Å². The van der Waals surface area contributed by atoms with Crippen LogP contribution in [0.5, 0.6) is 17.2 Å². The molecule has 0 aliphatic carbocycles. The molecule has 0 unspecified atom stereocenters. The SMILES string of the molecule is COc1ccccc1NC(=O)CCC(C)=CCc1c(OC)c(C)c2c(c1OC)C(=O)OC2. The van der Waals surface area contributed by atoms with Crippen LogP contribution in [0.2, 0.25) is 0 Å². The molecule has 1 amide bonds. The first-order valence-corrected chi connectivity index (χ1v) is 10.4. The molecule has 0 radical (unpaired) electrons. The summed E-state index contributed by atoms with van der Waals surface area (Å²) in [5.41, 5.74) is 4.65. The van der Waals surface area contributed by atoms with Gasteiger partial charge >= 0.3 is 5.97 Å². The molecule has 2 aromatic rings. The van der Waals surface area contributed by atoms with Crippen molar-refractivity contribution < 1.29 is 28.5 Å². The monoisotopic (exact) mass is 439 g/mol. The van der Waals surface area contributed by atoms with E-state index in [9.17, 15) is 9.59 Å². The van der Waals surface area contributed by atoms with Gasteiger partial charge in [0.2, 0.25) is 5.91 Å². The number of para-hydroxylation sites is 2. The van der Waals surface area contributed by atoms with Crippen molar-refractivity contribution in [1.82, 2.24) is 0 Å². The lowest BCUT2D eigenvalue weighted by atomic mass is 9.94. The number of nitrogens with one attached hydrogen (secondary N) is 1. The lowest BCUT2D eigenvalue weighted by molar-refractivity contribution is -0.116. The van der Waals surface area contributed by atoms with Gasteiger partial charge in [-0.1, -0.05) is 23.8 Å². The summed E-state index contributed by atoms with van der Waals surface area (Å²) in [6.07, 6.45) is 3.47. The van der Waals surface area contributed by atoms with Gasteiger partial charge in [-0.05, 0) is 44.4 Å². The summed E-state index contributed by atoms with van der Waals surface area (Å²) in [6, 6.07) is 7.30. The van der Waals surface area contributed by atoms with Crippen LogP contribution in [0.25, 0.3) is 0 Å². The average Bonchev–Trinajstić information content (AvgIpc) is 3.18. The molecule has 0 bridgehead atoms. The zero-order valence-electron chi connectivity index (χ0n) is 19.2. The summed E-state index contributed by atoms with van der Waals surface area (Å²) in [5.74, 6) is 1.34. The molecule has 0 saturated carbocycles. The molecule has 1 heterocycles. The summed E-state index contributed by atoms with van der Waals surface area (Å²) in [4.78, 5) is 24.6. The molecule has 7 nitrogen and oxygen atoms in total. The number of amides is 1. The van der Waals surface area contributed by atoms with Crippen LogP contribution in [-0.4, -0.2) is 33.2 Å². The van der Waals surface area contributed by atoms with Crippen molar-refractivity contribution in [1.29, 1.82) is 0 Å². The quantitative estimate of drug-likeness (QED) is 0.454. The predicted octanol–water partition coefficient (Wildman–Crippen LogP) is 4.60. The Kier molecular flexibility index (Phi) is 7.41. The molecular weight excluding hydrogens is 410 g/mol. The first-order chi connectivity index (χ1) is 15.4. The van der Waals surface area contributed by atoms with Crippen LogP contribution in [0, 0.1) is 6.92 Å². The van der Waals surface area contributed by atoms with Crippen molar-refractivity contribution in [2.24, 2.45) is 0 Å². The molecule has 170 valence electrons. The number of hydrogen-bond acceptors (Lipinski definition) is 6. The lowest BCUT2D eigenvalue weighted by Gasteiger charge is -2.18. The Morgan fingerprint density at radius 2 is 1.81 bits per heavy atom. The van der Waals surface area contributed by atoms with Crippen LogP contribution in [-0.2, 0) is 22.6 Å². The van der Waals surface area contributed by atoms with Crippen molar-refractivity contribution in [2.75, 3.05) is 26.6 Å². The highest BCUT2D eigenvalue weighted by molar-refractivity contribution is 5.98. The normalized spacial score (nSPS) is 12.8. The van der Waals surface area contributed by atoms with Crippen molar-refractivity contribution in [3.63, 3.8) is 0 Å². The van der Waals surface area contributed by atoms with Crippen LogP contribution in [0.3, 0.4) is 0 Å². The summed E-state index contributed by atoms with van der Waals surface area (Å²) in [6.45, 7) is 4.12. The molecule has 1 aliphatic rings. The van der Waals surface area contributed by atoms with Crippen LogP contribution < -0.4 is 19.5 Å². The topological polar surface area (TPSA) is 83.1 Å². The Balaban J connectivity index is 1.72. The second-order valence-electron chi connectivity index (χ2n) is 7.60. The van der Waals surface area contributed by atoms with Gasteiger partial charge in [0.25, 0.3) is 0 Å². The zero-order chi connectivity index (χ0) is 23.3. The second kappa shape index (κ2) is 10.2. The molecule has 2 aromatic carbocycles. The number of carbonyl (C=O) groups is 2. The van der Waals surface area contributed by atoms with Gasteiger partial charge in [0.15, 0.2) is 0 Å². The molecule has 32 heavy (non-hydrogen) atoms. The molecular formula is C25H29NO6. The Morgan fingerprint density at radius 3 is 2.50 bits per heavy atom. The third-order valence-corrected chi connectivity index (χ3v) is 5.61. The zero-order valence-corrected chi connectivity index (χ0v) is 19.2. The molecule has 0 atom stereocenters. The van der Waals surface area contributed by atoms with E-state index in [2.05, 4.69) is 5.32 Å². The molecule has 1 aliphatic heterocycles. The fourth-order valence-electron chi connectivity index (χ4n) is 3.88. The van der Waals surface area contributed by atoms with Crippen LogP contribution in [0.1, 0.15) is 46.8 Å². The van der Waals surface area contributed by atoms with Crippen LogP contribution in [0.4, 0.5) is 5.69 Å². The number of anilines is 1. The summed E-state index contributed by atoms with van der Waals surface area (Å²) >= 11 is 0. The molecule has 0 fully saturated rings. The van der Waals surface area contributed by atoms with Crippen LogP contribution >= 0.6 is 0 Å². The number of rotatable bonds is 9. The van der Waals surface area contributed by atoms with Gasteiger partial charge < -0.3 is 24.3 Å². The first kappa shape index (κ1) is 23.2. The Bertz CT molecular complexity index is 1060. The maximum absolute atomic E-state index is 12.4. The fraction of sp³-hybridized carbons (Fsp3) is 0.360. The standard InChI is InChI=1S/C25H29NO6/c1-15(11-13-21(27)26-19-8-6-7-9-20(19)29-3)10-12-17-23(30-4)16(2)18-14-32-25(28)22(18)24(17)31-5/h6-10H,11-14H2,1-5H3,(H,26,27). The Morgan fingerprint density at radius 1 is 1.09 bits per heavy atom. The molecule has 7 heteroatoms. The number of hydrogen-bond donors (Lipinski definition) is 1. The van der Waals surface area contributed by atoms with E-state index in [0.29, 0.717) is 47.8 Å². The highest BCUT2D eigenvalue weighted by Gasteiger charge is 2.32. The third-order valence-electron chi connectivity index (χ3n) is 5.61. The van der Waals surface area contributed by atoms with Crippen LogP contribution in [0.15, 0.2) is 35.9 Å². The van der Waals surface area contributed by atoms with E-state index < -0.39 is 0 Å². The van der Waals surface area contributed by atoms with E-state index in [1.54, 1.807) is 26.4 Å². The number of methoxy groups -OCH3 is 3. The van der Waals surface area contributed by atoms with E-state index >= 15 is 0 Å². The summed E-state index contributed by atoms with van der Waals surface area (Å²) < 4.78 is 21.7. The van der Waals surface area contributed by atoms with Crippen molar-refractivity contribution >= 4 is 17.6 Å². The van der Waals surface area contributed by atoms with E-state index in [-0.39, 0.29) is 18.5 Å². The fourth-order valence-corrected chi connectivity index (χ4v) is 3.88. The molecule has 0 spiro atoms. The first-order valence-electron chi connectivity index (χ1n) is 10.4. The largest absolute Gasteiger partial charge is 0.496 e. The molecule has 0 aromatic heterocycles. The van der Waals surface area contributed by atoms with Gasteiger partial charge in [0, 0.05) is 17.5 Å². The highest BCUT2D eigenvalue weighted by Crippen LogP contribution is 2.42. The van der Waals surface area contributed by atoms with E-state index in [1.807, 2.05) is 32.1 Å².